The minimum absolute atomic E-state index is 0.221. The van der Waals surface area contributed by atoms with E-state index < -0.39 is 11.9 Å². The molecule has 0 saturated heterocycles. The van der Waals surface area contributed by atoms with E-state index in [2.05, 4.69) is 0 Å². The molecule has 0 N–H and O–H groups in total. The number of para-hydroxylation sites is 1. The second-order valence-electron chi connectivity index (χ2n) is 4.91. The molecule has 20 heavy (non-hydrogen) atoms. The van der Waals surface area contributed by atoms with Gasteiger partial charge in [-0.2, -0.15) is 0 Å². The Bertz CT molecular complexity index is 740. The van der Waals surface area contributed by atoms with Gasteiger partial charge >= 0.3 is 5.97 Å². The number of rotatable bonds is 1. The summed E-state index contributed by atoms with van der Waals surface area (Å²) in [5.74, 6) is -1.48. The van der Waals surface area contributed by atoms with Gasteiger partial charge < -0.3 is 4.74 Å². The fourth-order valence-electron chi connectivity index (χ4n) is 2.77. The zero-order valence-electron chi connectivity index (χ0n) is 11.4. The molecule has 102 valence electrons. The van der Waals surface area contributed by atoms with Crippen LogP contribution in [-0.4, -0.2) is 23.6 Å². The highest BCUT2D eigenvalue weighted by Gasteiger charge is 2.32. The first-order chi connectivity index (χ1) is 9.65. The zero-order valence-corrected chi connectivity index (χ0v) is 11.4. The second-order valence-corrected chi connectivity index (χ2v) is 4.91. The molecule has 1 atom stereocenters. The van der Waals surface area contributed by atoms with Gasteiger partial charge in [-0.1, -0.05) is 24.3 Å². The summed E-state index contributed by atoms with van der Waals surface area (Å²) in [6.07, 6.45) is 4.15. The summed E-state index contributed by atoms with van der Waals surface area (Å²) in [6, 6.07) is 7.73. The van der Waals surface area contributed by atoms with Gasteiger partial charge in [-0.05, 0) is 31.1 Å². The van der Waals surface area contributed by atoms with Gasteiger partial charge in [-0.15, -0.1) is 0 Å². The molecule has 2 aromatic rings. The molecule has 4 heteroatoms. The number of carbonyl (C=O) groups is 2. The Morgan fingerprint density at radius 1 is 1.35 bits per heavy atom. The SMILES string of the molecule is COC(=O)C1CC=Cc2c(C)c3ccccc3n2C1=O. The second kappa shape index (κ2) is 4.63. The predicted octanol–water partition coefficient (Wildman–Crippen LogP) is 2.80. The third-order valence-corrected chi connectivity index (χ3v) is 3.83. The van der Waals surface area contributed by atoms with Crippen molar-refractivity contribution in [3.05, 3.63) is 41.6 Å². The van der Waals surface area contributed by atoms with Crippen LogP contribution in [0.2, 0.25) is 0 Å². The van der Waals surface area contributed by atoms with Gasteiger partial charge in [0.2, 0.25) is 5.91 Å². The van der Waals surface area contributed by atoms with Crippen molar-refractivity contribution in [1.29, 1.82) is 0 Å². The smallest absolute Gasteiger partial charge is 0.318 e. The number of aryl methyl sites for hydroxylation is 1. The molecular weight excluding hydrogens is 254 g/mol. The molecule has 1 unspecified atom stereocenters. The first-order valence-corrected chi connectivity index (χ1v) is 6.53. The predicted molar refractivity (Wildman–Crippen MR) is 76.5 cm³/mol. The van der Waals surface area contributed by atoms with Crippen LogP contribution in [0.4, 0.5) is 0 Å². The van der Waals surface area contributed by atoms with Gasteiger partial charge in [-0.3, -0.25) is 14.2 Å². The zero-order chi connectivity index (χ0) is 14.3. The summed E-state index contributed by atoms with van der Waals surface area (Å²) in [5, 5.41) is 1.03. The van der Waals surface area contributed by atoms with E-state index in [1.54, 1.807) is 4.57 Å². The summed E-state index contributed by atoms with van der Waals surface area (Å²) in [4.78, 5) is 24.5. The van der Waals surface area contributed by atoms with Crippen molar-refractivity contribution in [2.45, 2.75) is 13.3 Å². The van der Waals surface area contributed by atoms with Crippen LogP contribution in [0.25, 0.3) is 17.0 Å². The summed E-state index contributed by atoms with van der Waals surface area (Å²) < 4.78 is 6.38. The van der Waals surface area contributed by atoms with Crippen molar-refractivity contribution in [2.24, 2.45) is 5.92 Å². The molecule has 0 bridgehead atoms. The monoisotopic (exact) mass is 269 g/mol. The highest BCUT2D eigenvalue weighted by molar-refractivity contribution is 6.06. The minimum atomic E-state index is -0.771. The molecule has 0 radical (unpaired) electrons. The van der Waals surface area contributed by atoms with Crippen LogP contribution in [0.5, 0.6) is 0 Å². The van der Waals surface area contributed by atoms with E-state index in [-0.39, 0.29) is 5.91 Å². The molecule has 1 aliphatic rings. The average molecular weight is 269 g/mol. The number of allylic oxidation sites excluding steroid dienone is 1. The molecule has 0 amide bonds. The third kappa shape index (κ3) is 1.68. The number of benzene rings is 1. The fraction of sp³-hybridized carbons (Fsp3) is 0.250. The van der Waals surface area contributed by atoms with Gasteiger partial charge in [-0.25, -0.2) is 0 Å². The largest absolute Gasteiger partial charge is 0.468 e. The van der Waals surface area contributed by atoms with Gasteiger partial charge in [0, 0.05) is 5.39 Å². The van der Waals surface area contributed by atoms with Crippen molar-refractivity contribution < 1.29 is 14.3 Å². The molecule has 4 nitrogen and oxygen atoms in total. The molecule has 2 heterocycles. The fourth-order valence-corrected chi connectivity index (χ4v) is 2.77. The molecule has 0 fully saturated rings. The lowest BCUT2D eigenvalue weighted by Gasteiger charge is -2.12. The molecule has 0 saturated carbocycles. The maximum absolute atomic E-state index is 12.7. The van der Waals surface area contributed by atoms with Crippen molar-refractivity contribution in [3.63, 3.8) is 0 Å². The number of nitrogens with zero attached hydrogens (tertiary/aromatic N) is 1. The van der Waals surface area contributed by atoms with E-state index in [1.807, 2.05) is 43.3 Å². The van der Waals surface area contributed by atoms with Crippen LogP contribution in [0.1, 0.15) is 22.5 Å². The maximum atomic E-state index is 12.7. The Kier molecular flexibility index (Phi) is 2.93. The van der Waals surface area contributed by atoms with Crippen molar-refractivity contribution in [3.8, 4) is 0 Å². The maximum Gasteiger partial charge on any atom is 0.318 e. The number of ether oxygens (including phenoxy) is 1. The Labute approximate surface area is 116 Å². The van der Waals surface area contributed by atoms with Crippen LogP contribution in [0.3, 0.4) is 0 Å². The lowest BCUT2D eigenvalue weighted by Crippen LogP contribution is -2.29. The molecule has 1 aliphatic heterocycles. The van der Waals surface area contributed by atoms with Gasteiger partial charge in [0.1, 0.15) is 5.92 Å². The van der Waals surface area contributed by atoms with Gasteiger partial charge in [0.25, 0.3) is 0 Å². The molecule has 0 aliphatic carbocycles. The molecule has 3 rings (SSSR count). The van der Waals surface area contributed by atoms with Gasteiger partial charge in [0.05, 0.1) is 18.3 Å². The standard InChI is InChI=1S/C16H15NO3/c1-10-11-6-3-4-8-14(11)17-13(10)9-5-7-12(15(17)18)16(19)20-2/h3-6,8-9,12H,7H2,1-2H3. The summed E-state index contributed by atoms with van der Waals surface area (Å²) in [6.45, 7) is 1.99. The number of hydrogen-bond acceptors (Lipinski definition) is 3. The van der Waals surface area contributed by atoms with Crippen LogP contribution in [0, 0.1) is 12.8 Å². The first-order valence-electron chi connectivity index (χ1n) is 6.53. The van der Waals surface area contributed by atoms with Crippen molar-refractivity contribution in [1.82, 2.24) is 4.57 Å². The number of fused-ring (bicyclic) bond motifs is 3. The Balaban J connectivity index is 2.27. The Morgan fingerprint density at radius 2 is 2.10 bits per heavy atom. The van der Waals surface area contributed by atoms with E-state index in [0.29, 0.717) is 6.42 Å². The van der Waals surface area contributed by atoms with Crippen LogP contribution < -0.4 is 0 Å². The van der Waals surface area contributed by atoms with Crippen LogP contribution in [-0.2, 0) is 9.53 Å². The average Bonchev–Trinajstić information content (AvgIpc) is 2.64. The third-order valence-electron chi connectivity index (χ3n) is 3.83. The summed E-state index contributed by atoms with van der Waals surface area (Å²) >= 11 is 0. The first kappa shape index (κ1) is 12.7. The number of carbonyl (C=O) groups excluding carboxylic acids is 2. The van der Waals surface area contributed by atoms with Crippen LogP contribution in [0.15, 0.2) is 30.3 Å². The molecular formula is C16H15NO3. The quantitative estimate of drug-likeness (QED) is 0.591. The summed E-state index contributed by atoms with van der Waals surface area (Å²) in [5.41, 5.74) is 2.74. The van der Waals surface area contributed by atoms with Crippen molar-refractivity contribution >= 4 is 28.9 Å². The van der Waals surface area contributed by atoms with Crippen molar-refractivity contribution in [2.75, 3.05) is 7.11 Å². The lowest BCUT2D eigenvalue weighted by molar-refractivity contribution is -0.143. The summed E-state index contributed by atoms with van der Waals surface area (Å²) in [7, 11) is 1.31. The van der Waals surface area contributed by atoms with E-state index in [9.17, 15) is 9.59 Å². The molecule has 0 spiro atoms. The minimum Gasteiger partial charge on any atom is -0.468 e. The molecule has 1 aromatic carbocycles. The van der Waals surface area contributed by atoms with E-state index >= 15 is 0 Å². The van der Waals surface area contributed by atoms with E-state index in [4.69, 9.17) is 4.74 Å². The number of hydrogen-bond donors (Lipinski definition) is 0. The Hall–Kier alpha value is -2.36. The number of aromatic nitrogens is 1. The normalized spacial score (nSPS) is 17.9. The highest BCUT2D eigenvalue weighted by atomic mass is 16.5. The number of esters is 1. The number of methoxy groups -OCH3 is 1. The highest BCUT2D eigenvalue weighted by Crippen LogP contribution is 2.30. The van der Waals surface area contributed by atoms with Crippen LogP contribution >= 0.6 is 0 Å². The lowest BCUT2D eigenvalue weighted by atomic mass is 10.0. The Morgan fingerprint density at radius 3 is 2.85 bits per heavy atom. The van der Waals surface area contributed by atoms with E-state index in [0.717, 1.165) is 22.2 Å². The van der Waals surface area contributed by atoms with Gasteiger partial charge in [0.15, 0.2) is 0 Å². The molecule has 1 aromatic heterocycles. The van der Waals surface area contributed by atoms with E-state index in [1.165, 1.54) is 7.11 Å². The topological polar surface area (TPSA) is 48.3 Å².